The van der Waals surface area contributed by atoms with Gasteiger partial charge >= 0.3 is 0 Å². The molecule has 2 N–H and O–H groups in total. The molecule has 0 saturated carbocycles. The quantitative estimate of drug-likeness (QED) is 0.513. The van der Waals surface area contributed by atoms with E-state index in [9.17, 15) is 9.59 Å². The SMILES string of the molecule is CNC[Si](C)(C)O[Si](C)(C)CNC(=O)CC(C)=O. The molecule has 0 aromatic rings. The van der Waals surface area contributed by atoms with Gasteiger partial charge in [0.2, 0.25) is 5.91 Å². The summed E-state index contributed by atoms with van der Waals surface area (Å²) in [6.45, 7) is 9.92. The number of Topliss-reactive ketones (excluding diaryl/α,β-unsaturated/α-hetero) is 1. The van der Waals surface area contributed by atoms with Crippen molar-refractivity contribution < 1.29 is 13.7 Å². The van der Waals surface area contributed by atoms with Crippen molar-refractivity contribution in [3.05, 3.63) is 0 Å². The molecule has 0 atom stereocenters. The van der Waals surface area contributed by atoms with Crippen molar-refractivity contribution in [2.45, 2.75) is 39.5 Å². The van der Waals surface area contributed by atoms with Crippen molar-refractivity contribution >= 4 is 28.3 Å². The highest BCUT2D eigenvalue weighted by atomic mass is 28.4. The first-order chi connectivity index (χ1) is 8.08. The molecule has 0 aromatic carbocycles. The molecule has 0 aliphatic rings. The normalized spacial score (nSPS) is 12.3. The van der Waals surface area contributed by atoms with Gasteiger partial charge in [0.15, 0.2) is 16.6 Å². The number of carbonyl (C=O) groups excluding carboxylic acids is 2. The van der Waals surface area contributed by atoms with Crippen molar-refractivity contribution in [1.82, 2.24) is 10.6 Å². The van der Waals surface area contributed by atoms with E-state index in [0.29, 0.717) is 6.17 Å². The van der Waals surface area contributed by atoms with Gasteiger partial charge in [-0.1, -0.05) is 0 Å². The van der Waals surface area contributed by atoms with Crippen molar-refractivity contribution in [3.8, 4) is 0 Å². The summed E-state index contributed by atoms with van der Waals surface area (Å²) < 4.78 is 6.24. The monoisotopic (exact) mass is 290 g/mol. The largest absolute Gasteiger partial charge is 0.453 e. The molecule has 5 nitrogen and oxygen atoms in total. The molecule has 0 spiro atoms. The van der Waals surface area contributed by atoms with Crippen LogP contribution in [0.5, 0.6) is 0 Å². The Bertz CT molecular complexity index is 307. The Morgan fingerprint density at radius 2 is 1.56 bits per heavy atom. The summed E-state index contributed by atoms with van der Waals surface area (Å²) in [5, 5.41) is 5.95. The third kappa shape index (κ3) is 8.57. The number of ketones is 1. The Labute approximate surface area is 112 Å². The van der Waals surface area contributed by atoms with Crippen molar-refractivity contribution in [2.75, 3.05) is 19.4 Å². The van der Waals surface area contributed by atoms with Crippen LogP contribution in [0.25, 0.3) is 0 Å². The van der Waals surface area contributed by atoms with E-state index in [1.165, 1.54) is 6.92 Å². The summed E-state index contributed by atoms with van der Waals surface area (Å²) in [4.78, 5) is 22.2. The lowest BCUT2D eigenvalue weighted by molar-refractivity contribution is -0.127. The van der Waals surface area contributed by atoms with Crippen LogP contribution in [-0.4, -0.2) is 47.7 Å². The predicted octanol–water partition coefficient (Wildman–Crippen LogP) is 0.806. The van der Waals surface area contributed by atoms with Gasteiger partial charge in [0.1, 0.15) is 5.78 Å². The summed E-state index contributed by atoms with van der Waals surface area (Å²) in [5.41, 5.74) is 0. The van der Waals surface area contributed by atoms with E-state index in [0.717, 1.165) is 6.17 Å². The highest BCUT2D eigenvalue weighted by Crippen LogP contribution is 2.13. The zero-order valence-electron chi connectivity index (χ0n) is 12.3. The minimum atomic E-state index is -1.91. The fraction of sp³-hybridized carbons (Fsp3) is 0.818. The molecule has 0 bridgehead atoms. The lowest BCUT2D eigenvalue weighted by Gasteiger charge is -2.33. The van der Waals surface area contributed by atoms with E-state index in [1.807, 2.05) is 7.05 Å². The maximum absolute atomic E-state index is 11.4. The van der Waals surface area contributed by atoms with E-state index in [4.69, 9.17) is 4.12 Å². The van der Waals surface area contributed by atoms with E-state index >= 15 is 0 Å². The second-order valence-electron chi connectivity index (χ2n) is 5.81. The fourth-order valence-electron chi connectivity index (χ4n) is 1.85. The lowest BCUT2D eigenvalue weighted by Crippen LogP contribution is -2.55. The average Bonchev–Trinajstić information content (AvgIpc) is 2.11. The highest BCUT2D eigenvalue weighted by Gasteiger charge is 2.32. The third-order valence-electron chi connectivity index (χ3n) is 2.28. The van der Waals surface area contributed by atoms with Gasteiger partial charge in [0.05, 0.1) is 6.42 Å². The molecule has 0 aliphatic carbocycles. The zero-order valence-corrected chi connectivity index (χ0v) is 14.3. The molecule has 7 heteroatoms. The van der Waals surface area contributed by atoms with Crippen LogP contribution < -0.4 is 10.6 Å². The maximum Gasteiger partial charge on any atom is 0.227 e. The Morgan fingerprint density at radius 1 is 1.06 bits per heavy atom. The molecule has 1 amide bonds. The second-order valence-corrected chi connectivity index (χ2v) is 14.4. The smallest absolute Gasteiger partial charge is 0.227 e. The Kier molecular flexibility index (Phi) is 6.97. The van der Waals surface area contributed by atoms with E-state index in [2.05, 4.69) is 36.8 Å². The van der Waals surface area contributed by atoms with Gasteiger partial charge in [-0.25, -0.2) is 0 Å². The second kappa shape index (κ2) is 7.17. The number of nitrogens with one attached hydrogen (secondary N) is 2. The molecular formula is C11H26N2O3Si2. The van der Waals surface area contributed by atoms with E-state index < -0.39 is 16.6 Å². The van der Waals surface area contributed by atoms with Crippen molar-refractivity contribution in [3.63, 3.8) is 0 Å². The van der Waals surface area contributed by atoms with Crippen molar-refractivity contribution in [1.29, 1.82) is 0 Å². The van der Waals surface area contributed by atoms with E-state index in [1.54, 1.807) is 0 Å². The van der Waals surface area contributed by atoms with Gasteiger partial charge in [-0.3, -0.25) is 9.59 Å². The van der Waals surface area contributed by atoms with Crippen LogP contribution >= 0.6 is 0 Å². The van der Waals surface area contributed by atoms with Crippen LogP contribution in [0.15, 0.2) is 0 Å². The van der Waals surface area contributed by atoms with Crippen LogP contribution in [0.3, 0.4) is 0 Å². The minimum Gasteiger partial charge on any atom is -0.453 e. The number of hydrogen-bond acceptors (Lipinski definition) is 4. The lowest BCUT2D eigenvalue weighted by atomic mass is 10.3. The first kappa shape index (κ1) is 17.5. The molecule has 0 rings (SSSR count). The molecule has 0 unspecified atom stereocenters. The Morgan fingerprint density at radius 3 is 2.00 bits per heavy atom. The number of hydrogen-bond donors (Lipinski definition) is 2. The van der Waals surface area contributed by atoms with Crippen LogP contribution in [-0.2, 0) is 13.7 Å². The summed E-state index contributed by atoms with van der Waals surface area (Å²) in [6.07, 6.45) is 1.41. The third-order valence-corrected chi connectivity index (χ3v) is 8.93. The highest BCUT2D eigenvalue weighted by molar-refractivity contribution is 6.85. The van der Waals surface area contributed by atoms with Crippen LogP contribution in [0.4, 0.5) is 0 Å². The van der Waals surface area contributed by atoms with Crippen LogP contribution in [0.1, 0.15) is 13.3 Å². The molecule has 0 radical (unpaired) electrons. The van der Waals surface area contributed by atoms with Gasteiger partial charge in [-0.15, -0.1) is 0 Å². The molecule has 18 heavy (non-hydrogen) atoms. The Hall–Kier alpha value is -0.506. The molecule has 0 aromatic heterocycles. The zero-order chi connectivity index (χ0) is 14.4. The first-order valence-electron chi connectivity index (χ1n) is 6.19. The molecule has 0 aliphatic heterocycles. The van der Waals surface area contributed by atoms with Gasteiger partial charge in [0, 0.05) is 12.3 Å². The molecule has 0 saturated heterocycles. The van der Waals surface area contributed by atoms with Crippen molar-refractivity contribution in [2.24, 2.45) is 0 Å². The topological polar surface area (TPSA) is 67.4 Å². The number of carbonyl (C=O) groups is 2. The maximum atomic E-state index is 11.4. The van der Waals surface area contributed by atoms with Crippen LogP contribution in [0, 0.1) is 0 Å². The number of rotatable bonds is 8. The molecule has 106 valence electrons. The fourth-order valence-corrected chi connectivity index (χ4v) is 9.88. The summed E-state index contributed by atoms with van der Waals surface area (Å²) in [7, 11) is -1.70. The van der Waals surface area contributed by atoms with Gasteiger partial charge in [0.25, 0.3) is 0 Å². The summed E-state index contributed by atoms with van der Waals surface area (Å²) in [5.74, 6) is -0.322. The van der Waals surface area contributed by atoms with Gasteiger partial charge < -0.3 is 14.7 Å². The standard InChI is InChI=1S/C11H26N2O3Si2/c1-10(14)7-11(15)13-9-18(5,6)16-17(3,4)8-12-2/h12H,7-9H2,1-6H3,(H,13,15). The predicted molar refractivity (Wildman–Crippen MR) is 78.3 cm³/mol. The molecule has 0 fully saturated rings. The number of amides is 1. The molecular weight excluding hydrogens is 264 g/mol. The van der Waals surface area contributed by atoms with Gasteiger partial charge in [-0.2, -0.15) is 0 Å². The molecule has 0 heterocycles. The minimum absolute atomic E-state index is 0.0399. The Balaban J connectivity index is 4.22. The van der Waals surface area contributed by atoms with E-state index in [-0.39, 0.29) is 18.1 Å². The summed E-state index contributed by atoms with van der Waals surface area (Å²) in [6, 6.07) is 0. The first-order valence-corrected chi connectivity index (χ1v) is 12.4. The summed E-state index contributed by atoms with van der Waals surface area (Å²) >= 11 is 0. The van der Waals surface area contributed by atoms with Gasteiger partial charge in [-0.05, 0) is 40.2 Å². The average molecular weight is 291 g/mol. The van der Waals surface area contributed by atoms with Crippen LogP contribution in [0.2, 0.25) is 26.2 Å².